The minimum absolute atomic E-state index is 0.0828. The molecule has 78 valence electrons. The van der Waals surface area contributed by atoms with Gasteiger partial charge in [-0.05, 0) is 18.1 Å². The number of halogens is 1. The van der Waals surface area contributed by atoms with E-state index in [1.807, 2.05) is 6.92 Å². The third-order valence-corrected chi connectivity index (χ3v) is 2.58. The molecule has 2 aromatic rings. The van der Waals surface area contributed by atoms with E-state index in [2.05, 4.69) is 0 Å². The molecule has 1 aromatic heterocycles. The Kier molecular flexibility index (Phi) is 2.40. The van der Waals surface area contributed by atoms with Crippen LogP contribution in [0.25, 0.3) is 11.0 Å². The van der Waals surface area contributed by atoms with Crippen LogP contribution >= 0.6 is 11.6 Å². The minimum Gasteiger partial charge on any atom is -0.506 e. The van der Waals surface area contributed by atoms with Crippen molar-refractivity contribution in [2.45, 2.75) is 13.3 Å². The fraction of sp³-hybridized carbons (Fsp3) is 0.182. The SMILES string of the molecule is CCc1cc(=O)oc2cc(O)c(Cl)cc12. The van der Waals surface area contributed by atoms with Gasteiger partial charge in [0, 0.05) is 17.5 Å². The molecule has 0 bridgehead atoms. The largest absolute Gasteiger partial charge is 0.506 e. The Morgan fingerprint density at radius 2 is 2.13 bits per heavy atom. The fourth-order valence-electron chi connectivity index (χ4n) is 1.53. The van der Waals surface area contributed by atoms with Gasteiger partial charge >= 0.3 is 5.63 Å². The molecule has 0 spiro atoms. The van der Waals surface area contributed by atoms with E-state index in [1.165, 1.54) is 12.1 Å². The number of aryl methyl sites for hydroxylation is 1. The second kappa shape index (κ2) is 3.59. The predicted molar refractivity (Wildman–Crippen MR) is 58.5 cm³/mol. The van der Waals surface area contributed by atoms with E-state index < -0.39 is 5.63 Å². The van der Waals surface area contributed by atoms with Gasteiger partial charge in [0.05, 0.1) is 5.02 Å². The highest BCUT2D eigenvalue weighted by molar-refractivity contribution is 6.32. The zero-order valence-corrected chi connectivity index (χ0v) is 8.84. The molecule has 1 N–H and O–H groups in total. The Balaban J connectivity index is 2.90. The molecule has 0 amide bonds. The third-order valence-electron chi connectivity index (χ3n) is 2.28. The van der Waals surface area contributed by atoms with Gasteiger partial charge in [0.25, 0.3) is 0 Å². The van der Waals surface area contributed by atoms with E-state index in [1.54, 1.807) is 6.07 Å². The molecule has 3 nitrogen and oxygen atoms in total. The predicted octanol–water partition coefficient (Wildman–Crippen LogP) is 2.71. The lowest BCUT2D eigenvalue weighted by Gasteiger charge is -2.04. The quantitative estimate of drug-likeness (QED) is 0.758. The molecule has 0 atom stereocenters. The molecule has 0 aliphatic carbocycles. The summed E-state index contributed by atoms with van der Waals surface area (Å²) < 4.78 is 4.97. The maximum Gasteiger partial charge on any atom is 0.336 e. The Bertz CT molecular complexity index is 572. The summed E-state index contributed by atoms with van der Waals surface area (Å²) in [4.78, 5) is 11.2. The van der Waals surface area contributed by atoms with Crippen molar-refractivity contribution < 1.29 is 9.52 Å². The van der Waals surface area contributed by atoms with Gasteiger partial charge in [-0.15, -0.1) is 0 Å². The van der Waals surface area contributed by atoms with Crippen LogP contribution in [-0.2, 0) is 6.42 Å². The molecule has 15 heavy (non-hydrogen) atoms. The van der Waals surface area contributed by atoms with E-state index in [4.69, 9.17) is 16.0 Å². The van der Waals surface area contributed by atoms with Crippen LogP contribution in [-0.4, -0.2) is 5.11 Å². The smallest absolute Gasteiger partial charge is 0.336 e. The van der Waals surface area contributed by atoms with Crippen LogP contribution in [0, 0.1) is 0 Å². The second-order valence-electron chi connectivity index (χ2n) is 3.24. The van der Waals surface area contributed by atoms with Crippen molar-refractivity contribution in [1.29, 1.82) is 0 Å². The summed E-state index contributed by atoms with van der Waals surface area (Å²) in [6, 6.07) is 4.40. The van der Waals surface area contributed by atoms with Crippen LogP contribution in [0.3, 0.4) is 0 Å². The van der Waals surface area contributed by atoms with Gasteiger partial charge < -0.3 is 9.52 Å². The lowest BCUT2D eigenvalue weighted by Crippen LogP contribution is -1.99. The number of fused-ring (bicyclic) bond motifs is 1. The van der Waals surface area contributed by atoms with E-state index >= 15 is 0 Å². The van der Waals surface area contributed by atoms with E-state index in [-0.39, 0.29) is 10.8 Å². The average Bonchev–Trinajstić information content (AvgIpc) is 2.19. The van der Waals surface area contributed by atoms with Crippen LogP contribution in [0.4, 0.5) is 0 Å². The first-order valence-corrected chi connectivity index (χ1v) is 4.95. The molecule has 0 unspecified atom stereocenters. The van der Waals surface area contributed by atoms with E-state index in [0.29, 0.717) is 12.0 Å². The Morgan fingerprint density at radius 1 is 1.40 bits per heavy atom. The third kappa shape index (κ3) is 1.70. The van der Waals surface area contributed by atoms with Crippen LogP contribution in [0.15, 0.2) is 27.4 Å². The fourth-order valence-corrected chi connectivity index (χ4v) is 1.69. The summed E-state index contributed by atoms with van der Waals surface area (Å²) in [5.74, 6) is -0.0828. The van der Waals surface area contributed by atoms with Crippen LogP contribution in [0.1, 0.15) is 12.5 Å². The van der Waals surface area contributed by atoms with Crippen LogP contribution < -0.4 is 5.63 Å². The lowest BCUT2D eigenvalue weighted by molar-refractivity contribution is 0.473. The van der Waals surface area contributed by atoms with Crippen molar-refractivity contribution in [3.05, 3.63) is 39.2 Å². The summed E-state index contributed by atoms with van der Waals surface area (Å²) >= 11 is 5.79. The highest BCUT2D eigenvalue weighted by Crippen LogP contribution is 2.29. The molecule has 4 heteroatoms. The van der Waals surface area contributed by atoms with Gasteiger partial charge in [0.2, 0.25) is 0 Å². The summed E-state index contributed by atoms with van der Waals surface area (Å²) in [5, 5.41) is 10.4. The lowest BCUT2D eigenvalue weighted by atomic mass is 10.1. The highest BCUT2D eigenvalue weighted by Gasteiger charge is 2.08. The summed E-state index contributed by atoms with van der Waals surface area (Å²) in [6.45, 7) is 1.94. The van der Waals surface area contributed by atoms with E-state index in [9.17, 15) is 9.90 Å². The number of aromatic hydroxyl groups is 1. The molecule has 0 saturated heterocycles. The molecule has 1 heterocycles. The standard InChI is InChI=1S/C11H9ClO3/c1-2-6-3-11(14)15-10-5-9(13)8(12)4-7(6)10/h3-5,13H,2H2,1H3. The van der Waals surface area contributed by atoms with Gasteiger partial charge in [-0.3, -0.25) is 0 Å². The first kappa shape index (κ1) is 10.1. The van der Waals surface area contributed by atoms with Crippen molar-refractivity contribution in [2.24, 2.45) is 0 Å². The van der Waals surface area contributed by atoms with Crippen molar-refractivity contribution in [2.75, 3.05) is 0 Å². The Hall–Kier alpha value is -1.48. The van der Waals surface area contributed by atoms with Crippen molar-refractivity contribution >= 4 is 22.6 Å². The first-order chi connectivity index (χ1) is 7.11. The molecular formula is C11H9ClO3. The topological polar surface area (TPSA) is 50.4 Å². The monoisotopic (exact) mass is 224 g/mol. The summed E-state index contributed by atoms with van der Waals surface area (Å²) in [5.41, 5.74) is 0.811. The number of rotatable bonds is 1. The van der Waals surface area contributed by atoms with Gasteiger partial charge in [0.1, 0.15) is 11.3 Å². The zero-order valence-electron chi connectivity index (χ0n) is 8.08. The molecule has 0 fully saturated rings. The number of phenols is 1. The van der Waals surface area contributed by atoms with Gasteiger partial charge in [-0.25, -0.2) is 4.79 Å². The maximum absolute atomic E-state index is 11.2. The number of hydrogen-bond acceptors (Lipinski definition) is 3. The van der Waals surface area contributed by atoms with Crippen LogP contribution in [0.5, 0.6) is 5.75 Å². The van der Waals surface area contributed by atoms with Crippen molar-refractivity contribution in [1.82, 2.24) is 0 Å². The normalized spacial score (nSPS) is 10.8. The minimum atomic E-state index is -0.416. The molecule has 0 aliphatic rings. The molecule has 0 saturated carbocycles. The van der Waals surface area contributed by atoms with E-state index in [0.717, 1.165) is 10.9 Å². The second-order valence-corrected chi connectivity index (χ2v) is 3.65. The van der Waals surface area contributed by atoms with Gasteiger partial charge in [0.15, 0.2) is 0 Å². The molecule has 1 aromatic carbocycles. The zero-order chi connectivity index (χ0) is 11.0. The average molecular weight is 225 g/mol. The summed E-state index contributed by atoms with van der Waals surface area (Å²) in [6.07, 6.45) is 0.712. The number of hydrogen-bond donors (Lipinski definition) is 1. The highest BCUT2D eigenvalue weighted by atomic mass is 35.5. The Labute approximate surface area is 90.9 Å². The summed E-state index contributed by atoms with van der Waals surface area (Å²) in [7, 11) is 0. The number of phenolic OH excluding ortho intramolecular Hbond substituents is 1. The first-order valence-electron chi connectivity index (χ1n) is 4.57. The molecular weight excluding hydrogens is 216 g/mol. The van der Waals surface area contributed by atoms with Crippen molar-refractivity contribution in [3.8, 4) is 5.75 Å². The Morgan fingerprint density at radius 3 is 2.80 bits per heavy atom. The molecule has 0 aliphatic heterocycles. The van der Waals surface area contributed by atoms with Gasteiger partial charge in [-0.1, -0.05) is 18.5 Å². The number of benzene rings is 1. The van der Waals surface area contributed by atoms with Gasteiger partial charge in [-0.2, -0.15) is 0 Å². The van der Waals surface area contributed by atoms with Crippen molar-refractivity contribution in [3.63, 3.8) is 0 Å². The van der Waals surface area contributed by atoms with Crippen LogP contribution in [0.2, 0.25) is 5.02 Å². The molecule has 0 radical (unpaired) electrons. The maximum atomic E-state index is 11.2. The molecule has 2 rings (SSSR count).